The van der Waals surface area contributed by atoms with Gasteiger partial charge in [0.25, 0.3) is 0 Å². The molecule has 0 fully saturated rings. The van der Waals surface area contributed by atoms with Gasteiger partial charge < -0.3 is 9.13 Å². The Kier molecular flexibility index (Phi) is 7.98. The van der Waals surface area contributed by atoms with Gasteiger partial charge in [0.05, 0.1) is 32.3 Å². The van der Waals surface area contributed by atoms with E-state index < -0.39 is 0 Å². The summed E-state index contributed by atoms with van der Waals surface area (Å²) in [6.45, 7) is 0. The lowest BCUT2D eigenvalue weighted by Crippen LogP contribution is -2.01. The Bertz CT molecular complexity index is 3860. The van der Waals surface area contributed by atoms with Crippen molar-refractivity contribution in [2.45, 2.75) is 0 Å². The number of hydrogen-bond acceptors (Lipinski definition) is 5. The van der Waals surface area contributed by atoms with E-state index in [1.807, 2.05) is 72.9 Å². The Morgan fingerprint density at radius 2 is 0.889 bits per heavy atom. The molecular weight excluding hydrogens is 789 g/mol. The van der Waals surface area contributed by atoms with E-state index in [-0.39, 0.29) is 0 Å². The highest BCUT2D eigenvalue weighted by Crippen LogP contribution is 2.40. The van der Waals surface area contributed by atoms with Gasteiger partial charge in [-0.1, -0.05) is 127 Å². The molecule has 0 saturated heterocycles. The van der Waals surface area contributed by atoms with Crippen LogP contribution >= 0.6 is 11.3 Å². The van der Waals surface area contributed by atoms with E-state index >= 15 is 0 Å². The van der Waals surface area contributed by atoms with Crippen molar-refractivity contribution in [2.75, 3.05) is 0 Å². The third-order valence-corrected chi connectivity index (χ3v) is 13.3. The van der Waals surface area contributed by atoms with E-state index in [0.717, 1.165) is 55.7 Å². The van der Waals surface area contributed by atoms with Crippen molar-refractivity contribution in [3.8, 4) is 56.7 Å². The van der Waals surface area contributed by atoms with Crippen LogP contribution in [0.4, 0.5) is 0 Å². The van der Waals surface area contributed by atoms with Gasteiger partial charge in [-0.2, -0.15) is 0 Å². The van der Waals surface area contributed by atoms with Crippen LogP contribution in [-0.4, -0.2) is 29.1 Å². The Morgan fingerprint density at radius 1 is 0.317 bits per heavy atom. The second kappa shape index (κ2) is 14.2. The first-order valence-electron chi connectivity index (χ1n) is 21.0. The molecule has 0 aliphatic rings. The van der Waals surface area contributed by atoms with Crippen molar-refractivity contribution >= 4 is 75.3 Å². The Hall–Kier alpha value is -8.26. The average Bonchev–Trinajstić information content (AvgIpc) is 4.01. The third kappa shape index (κ3) is 5.78. The molecule has 0 spiro atoms. The minimum absolute atomic E-state index is 0.624. The van der Waals surface area contributed by atoms with Gasteiger partial charge in [-0.15, -0.1) is 11.3 Å². The molecule has 5 aromatic heterocycles. The Balaban J connectivity index is 0.956. The molecule has 0 saturated carbocycles. The second-order valence-electron chi connectivity index (χ2n) is 15.9. The summed E-state index contributed by atoms with van der Waals surface area (Å²) in [5.74, 6) is 1.90. The number of nitrogens with zero attached hydrogens (tertiary/aromatic N) is 6. The molecule has 0 N–H and O–H groups in total. The molecule has 294 valence electrons. The summed E-state index contributed by atoms with van der Waals surface area (Å²) in [6, 6.07) is 70.9. The van der Waals surface area contributed by atoms with Gasteiger partial charge in [0, 0.05) is 65.9 Å². The molecule has 0 aliphatic carbocycles. The van der Waals surface area contributed by atoms with E-state index in [1.54, 1.807) is 11.3 Å². The molecule has 0 bridgehead atoms. The van der Waals surface area contributed by atoms with E-state index in [9.17, 15) is 0 Å². The van der Waals surface area contributed by atoms with Gasteiger partial charge in [-0.25, -0.2) is 15.0 Å². The van der Waals surface area contributed by atoms with Crippen molar-refractivity contribution < 1.29 is 0 Å². The number of rotatable bonds is 6. The topological polar surface area (TPSA) is 61.4 Å². The van der Waals surface area contributed by atoms with E-state index in [2.05, 4.69) is 143 Å². The van der Waals surface area contributed by atoms with Crippen molar-refractivity contribution in [3.05, 3.63) is 206 Å². The summed E-state index contributed by atoms with van der Waals surface area (Å²) in [5.41, 5.74) is 12.9. The number of pyridine rings is 1. The lowest BCUT2D eigenvalue weighted by molar-refractivity contribution is 1.07. The molecule has 13 rings (SSSR count). The Labute approximate surface area is 365 Å². The molecule has 8 aromatic carbocycles. The highest BCUT2D eigenvalue weighted by Gasteiger charge is 2.19. The summed E-state index contributed by atoms with van der Waals surface area (Å²) < 4.78 is 7.22. The largest absolute Gasteiger partial charge is 0.309 e. The highest BCUT2D eigenvalue weighted by atomic mass is 32.1. The summed E-state index contributed by atoms with van der Waals surface area (Å²) in [4.78, 5) is 19.8. The van der Waals surface area contributed by atoms with Gasteiger partial charge in [0.2, 0.25) is 0 Å². The number of benzene rings is 8. The van der Waals surface area contributed by atoms with Crippen LogP contribution in [-0.2, 0) is 0 Å². The lowest BCUT2D eigenvalue weighted by atomic mass is 10.0. The first-order chi connectivity index (χ1) is 31.2. The maximum Gasteiger partial charge on any atom is 0.164 e. The lowest BCUT2D eigenvalue weighted by Gasteiger charge is -2.12. The van der Waals surface area contributed by atoms with Crippen molar-refractivity contribution in [3.63, 3.8) is 0 Å². The van der Waals surface area contributed by atoms with Crippen molar-refractivity contribution in [1.82, 2.24) is 29.1 Å². The minimum Gasteiger partial charge on any atom is -0.309 e. The molecular formula is C56H34N6S. The molecule has 63 heavy (non-hydrogen) atoms. The maximum absolute atomic E-state index is 5.06. The van der Waals surface area contributed by atoms with Crippen LogP contribution in [0.5, 0.6) is 0 Å². The molecule has 0 radical (unpaired) electrons. The zero-order chi connectivity index (χ0) is 41.4. The molecule has 6 nitrogen and oxygen atoms in total. The number of aromatic nitrogens is 6. The first-order valence-corrected chi connectivity index (χ1v) is 21.9. The smallest absolute Gasteiger partial charge is 0.164 e. The second-order valence-corrected chi connectivity index (χ2v) is 17.0. The number of fused-ring (bicyclic) bond motifs is 9. The molecule has 5 heterocycles. The summed E-state index contributed by atoms with van der Waals surface area (Å²) in [5, 5.41) is 6.02. The fraction of sp³-hybridized carbons (Fsp3) is 0. The van der Waals surface area contributed by atoms with Crippen molar-refractivity contribution in [1.29, 1.82) is 0 Å². The van der Waals surface area contributed by atoms with Crippen LogP contribution in [0.2, 0.25) is 0 Å². The fourth-order valence-corrected chi connectivity index (χ4v) is 10.3. The van der Waals surface area contributed by atoms with E-state index in [0.29, 0.717) is 17.5 Å². The normalized spacial score (nSPS) is 11.8. The minimum atomic E-state index is 0.624. The molecule has 0 aliphatic heterocycles. The Morgan fingerprint density at radius 3 is 1.63 bits per heavy atom. The third-order valence-electron chi connectivity index (χ3n) is 12.2. The summed E-state index contributed by atoms with van der Waals surface area (Å²) >= 11 is 1.79. The first kappa shape index (κ1) is 35.5. The number of hydrogen-bond donors (Lipinski definition) is 0. The highest BCUT2D eigenvalue weighted by molar-refractivity contribution is 7.25. The van der Waals surface area contributed by atoms with Gasteiger partial charge in [-0.05, 0) is 83.9 Å². The predicted molar refractivity (Wildman–Crippen MR) is 261 cm³/mol. The fourth-order valence-electron chi connectivity index (χ4n) is 9.31. The van der Waals surface area contributed by atoms with Crippen LogP contribution in [0.15, 0.2) is 206 Å². The van der Waals surface area contributed by atoms with Gasteiger partial charge in [-0.3, -0.25) is 4.98 Å². The SMILES string of the molecule is c1ccc(-c2nc(-c3ccccc3)nc(-c3cccc(-n4c5ccccc5c5ccc(-c6ccc7c(c6)c6ccccc6n7-c6ccc7sc8cccnc8c7c6)cc54)c3)n2)cc1. The average molecular weight is 823 g/mol. The van der Waals surface area contributed by atoms with Crippen LogP contribution in [0, 0.1) is 0 Å². The van der Waals surface area contributed by atoms with Gasteiger partial charge >= 0.3 is 0 Å². The summed E-state index contributed by atoms with van der Waals surface area (Å²) in [6.07, 6.45) is 1.89. The quantitative estimate of drug-likeness (QED) is 0.168. The molecule has 7 heteroatoms. The van der Waals surface area contributed by atoms with Crippen LogP contribution in [0.1, 0.15) is 0 Å². The molecule has 13 aromatic rings. The van der Waals surface area contributed by atoms with Crippen LogP contribution in [0.25, 0.3) is 121 Å². The van der Waals surface area contributed by atoms with Crippen molar-refractivity contribution in [2.24, 2.45) is 0 Å². The van der Waals surface area contributed by atoms with Gasteiger partial charge in [0.15, 0.2) is 17.5 Å². The molecule has 0 unspecified atom stereocenters. The van der Waals surface area contributed by atoms with E-state index in [1.165, 1.54) is 47.4 Å². The zero-order valence-corrected chi connectivity index (χ0v) is 34.5. The monoisotopic (exact) mass is 822 g/mol. The van der Waals surface area contributed by atoms with E-state index in [4.69, 9.17) is 19.9 Å². The molecule has 0 atom stereocenters. The predicted octanol–water partition coefficient (Wildman–Crippen LogP) is 14.5. The van der Waals surface area contributed by atoms with Crippen LogP contribution < -0.4 is 0 Å². The maximum atomic E-state index is 5.06. The van der Waals surface area contributed by atoms with Gasteiger partial charge in [0.1, 0.15) is 0 Å². The van der Waals surface area contributed by atoms with Crippen LogP contribution in [0.3, 0.4) is 0 Å². The number of thiophene rings is 1. The molecule has 0 amide bonds. The summed E-state index contributed by atoms with van der Waals surface area (Å²) in [7, 11) is 0. The standard InChI is InChI=1S/C56H34N6S/c1-3-13-35(14-4-1)54-58-55(36-15-5-2-6-16-36)60-56(59-54)39-17-11-18-40(31-39)62-47-21-9-7-19-42(47)44-27-24-38(33-50(44)62)37-25-28-49-45(32-37)43-20-8-10-22-48(43)61(49)41-26-29-51-46(34-41)53-52(63-51)23-12-30-57-53/h1-34H. The number of para-hydroxylation sites is 2. The zero-order valence-electron chi connectivity index (χ0n) is 33.7.